The summed E-state index contributed by atoms with van der Waals surface area (Å²) in [7, 11) is 1.70. The third-order valence-electron chi connectivity index (χ3n) is 6.70. The summed E-state index contributed by atoms with van der Waals surface area (Å²) in [6.45, 7) is 8.07. The molecule has 0 spiro atoms. The van der Waals surface area contributed by atoms with E-state index in [-0.39, 0.29) is 29.4 Å². The lowest BCUT2D eigenvalue weighted by atomic mass is 10.0. The first-order chi connectivity index (χ1) is 16.9. The summed E-state index contributed by atoms with van der Waals surface area (Å²) in [5.41, 5.74) is 2.73. The molecule has 2 fully saturated rings. The fraction of sp³-hybridized carbons (Fsp3) is 0.423. The molecule has 1 aromatic carbocycles. The van der Waals surface area contributed by atoms with Gasteiger partial charge in [0, 0.05) is 69.3 Å². The lowest BCUT2D eigenvalue weighted by Gasteiger charge is -2.37. The van der Waals surface area contributed by atoms with Gasteiger partial charge in [-0.05, 0) is 37.6 Å². The van der Waals surface area contributed by atoms with E-state index >= 15 is 0 Å². The number of halogens is 1. The van der Waals surface area contributed by atoms with Gasteiger partial charge in [-0.2, -0.15) is 0 Å². The minimum Gasteiger partial charge on any atom is -0.372 e. The van der Waals surface area contributed by atoms with Gasteiger partial charge in [-0.1, -0.05) is 12.1 Å². The van der Waals surface area contributed by atoms with Gasteiger partial charge in [0.25, 0.3) is 5.56 Å². The van der Waals surface area contributed by atoms with Crippen molar-refractivity contribution in [2.75, 3.05) is 42.5 Å². The predicted octanol–water partition coefficient (Wildman–Crippen LogP) is 2.75. The highest BCUT2D eigenvalue weighted by Crippen LogP contribution is 2.26. The number of anilines is 2. The maximum Gasteiger partial charge on any atom is 0.255 e. The molecule has 2 aromatic heterocycles. The van der Waals surface area contributed by atoms with E-state index in [1.165, 1.54) is 28.1 Å². The molecule has 35 heavy (non-hydrogen) atoms. The Bertz CT molecular complexity index is 1240. The molecule has 184 valence electrons. The SMILES string of the molecule is C[C@@H]1CN(c2ccc([C@H]3CN(c4nc(-c5ccncc5F)cc(=O)n4C)CCN3)cc2)C[C@H](C)O1. The lowest BCUT2D eigenvalue weighted by Crippen LogP contribution is -2.48. The first kappa shape index (κ1) is 23.4. The van der Waals surface area contributed by atoms with Crippen molar-refractivity contribution < 1.29 is 9.13 Å². The standard InChI is InChI=1S/C26H31FN6O2/c1-17-14-33(15-18(2)35-17)20-6-4-19(5-7-20)24-16-32(11-10-29-24)26-30-23(12-25(34)31(26)3)21-8-9-28-13-22(21)27/h4-9,12-13,17-18,24,29H,10-11,14-16H2,1-3H3/t17-,18+,24-/m1/s1. The zero-order chi connectivity index (χ0) is 24.5. The number of pyridine rings is 1. The van der Waals surface area contributed by atoms with E-state index in [9.17, 15) is 9.18 Å². The van der Waals surface area contributed by atoms with Crippen LogP contribution in [-0.4, -0.2) is 59.5 Å². The van der Waals surface area contributed by atoms with Gasteiger partial charge >= 0.3 is 0 Å². The lowest BCUT2D eigenvalue weighted by molar-refractivity contribution is -0.00521. The third-order valence-corrected chi connectivity index (χ3v) is 6.70. The quantitative estimate of drug-likeness (QED) is 0.618. The molecule has 0 unspecified atom stereocenters. The first-order valence-electron chi connectivity index (χ1n) is 12.1. The van der Waals surface area contributed by atoms with E-state index < -0.39 is 5.82 Å². The van der Waals surface area contributed by atoms with Gasteiger partial charge in [-0.25, -0.2) is 9.37 Å². The monoisotopic (exact) mass is 478 g/mol. The summed E-state index contributed by atoms with van der Waals surface area (Å²) in [5, 5.41) is 3.58. The van der Waals surface area contributed by atoms with Gasteiger partial charge in [0.15, 0.2) is 5.82 Å². The summed E-state index contributed by atoms with van der Waals surface area (Å²) in [6.07, 6.45) is 3.06. The highest BCUT2D eigenvalue weighted by Gasteiger charge is 2.26. The van der Waals surface area contributed by atoms with Crippen LogP contribution in [0, 0.1) is 5.82 Å². The predicted molar refractivity (Wildman–Crippen MR) is 134 cm³/mol. The van der Waals surface area contributed by atoms with Gasteiger partial charge in [-0.3, -0.25) is 14.3 Å². The van der Waals surface area contributed by atoms with Crippen LogP contribution in [0.4, 0.5) is 16.0 Å². The molecule has 2 saturated heterocycles. The Morgan fingerprint density at radius 3 is 2.51 bits per heavy atom. The van der Waals surface area contributed by atoms with E-state index in [0.717, 1.165) is 25.8 Å². The Morgan fingerprint density at radius 2 is 1.80 bits per heavy atom. The van der Waals surface area contributed by atoms with Crippen molar-refractivity contribution in [2.24, 2.45) is 7.05 Å². The number of aromatic nitrogens is 3. The van der Waals surface area contributed by atoms with E-state index in [0.29, 0.717) is 24.7 Å². The van der Waals surface area contributed by atoms with Crippen molar-refractivity contribution >= 4 is 11.6 Å². The minimum absolute atomic E-state index is 0.0820. The van der Waals surface area contributed by atoms with Gasteiger partial charge < -0.3 is 19.9 Å². The van der Waals surface area contributed by atoms with E-state index in [4.69, 9.17) is 4.74 Å². The summed E-state index contributed by atoms with van der Waals surface area (Å²) >= 11 is 0. The van der Waals surface area contributed by atoms with E-state index in [1.54, 1.807) is 13.1 Å². The summed E-state index contributed by atoms with van der Waals surface area (Å²) in [6, 6.07) is 11.7. The number of ether oxygens (including phenoxy) is 1. The summed E-state index contributed by atoms with van der Waals surface area (Å²) < 4.78 is 21.7. The van der Waals surface area contributed by atoms with Gasteiger partial charge in [-0.15, -0.1) is 0 Å². The van der Waals surface area contributed by atoms with Crippen LogP contribution in [0.3, 0.4) is 0 Å². The summed E-state index contributed by atoms with van der Waals surface area (Å²) in [4.78, 5) is 25.6. The van der Waals surface area contributed by atoms with Crippen LogP contribution >= 0.6 is 0 Å². The van der Waals surface area contributed by atoms with Gasteiger partial charge in [0.2, 0.25) is 5.95 Å². The zero-order valence-electron chi connectivity index (χ0n) is 20.3. The number of hydrogen-bond donors (Lipinski definition) is 1. The smallest absolute Gasteiger partial charge is 0.255 e. The molecule has 0 radical (unpaired) electrons. The fourth-order valence-electron chi connectivity index (χ4n) is 4.99. The molecule has 1 N–H and O–H groups in total. The van der Waals surface area contributed by atoms with Crippen LogP contribution in [-0.2, 0) is 11.8 Å². The second-order valence-corrected chi connectivity index (χ2v) is 9.40. The van der Waals surface area contributed by atoms with E-state index in [2.05, 4.69) is 63.2 Å². The van der Waals surface area contributed by atoms with Crippen molar-refractivity contribution in [3.63, 3.8) is 0 Å². The molecule has 2 aliphatic heterocycles. The number of rotatable bonds is 4. The van der Waals surface area contributed by atoms with Gasteiger partial charge in [0.05, 0.1) is 24.1 Å². The third kappa shape index (κ3) is 4.92. The fourth-order valence-corrected chi connectivity index (χ4v) is 4.99. The Kier molecular flexibility index (Phi) is 6.53. The molecule has 8 nitrogen and oxygen atoms in total. The molecule has 2 aliphatic rings. The van der Waals surface area contributed by atoms with Crippen molar-refractivity contribution in [1.82, 2.24) is 19.9 Å². The molecule has 9 heteroatoms. The molecule has 0 aliphatic carbocycles. The van der Waals surface area contributed by atoms with Crippen molar-refractivity contribution in [1.29, 1.82) is 0 Å². The zero-order valence-corrected chi connectivity index (χ0v) is 20.3. The van der Waals surface area contributed by atoms with Crippen LogP contribution in [0.15, 0.2) is 53.6 Å². The Labute approximate surface area is 204 Å². The topological polar surface area (TPSA) is 75.5 Å². The van der Waals surface area contributed by atoms with Crippen LogP contribution in [0.1, 0.15) is 25.5 Å². The van der Waals surface area contributed by atoms with Crippen LogP contribution < -0.4 is 20.7 Å². The van der Waals surface area contributed by atoms with Crippen LogP contribution in [0.2, 0.25) is 0 Å². The molecule has 0 saturated carbocycles. The Balaban J connectivity index is 1.37. The molecule has 5 rings (SSSR count). The Morgan fingerprint density at radius 1 is 1.06 bits per heavy atom. The number of hydrogen-bond acceptors (Lipinski definition) is 7. The number of benzene rings is 1. The molecule has 0 bridgehead atoms. The average molecular weight is 479 g/mol. The van der Waals surface area contributed by atoms with Crippen LogP contribution in [0.5, 0.6) is 0 Å². The maximum absolute atomic E-state index is 14.3. The minimum atomic E-state index is -0.499. The van der Waals surface area contributed by atoms with Crippen molar-refractivity contribution in [3.05, 3.63) is 70.5 Å². The number of morpholine rings is 1. The second-order valence-electron chi connectivity index (χ2n) is 9.40. The first-order valence-corrected chi connectivity index (χ1v) is 12.1. The molecule has 3 atom stereocenters. The molecule has 3 aromatic rings. The maximum atomic E-state index is 14.3. The Hall–Kier alpha value is -3.30. The number of piperazine rings is 1. The largest absolute Gasteiger partial charge is 0.372 e. The van der Waals surface area contributed by atoms with Crippen LogP contribution in [0.25, 0.3) is 11.3 Å². The number of nitrogens with one attached hydrogen (secondary N) is 1. The summed E-state index contributed by atoms with van der Waals surface area (Å²) in [5.74, 6) is 0.0321. The van der Waals surface area contributed by atoms with Crippen molar-refractivity contribution in [3.8, 4) is 11.3 Å². The van der Waals surface area contributed by atoms with Crippen molar-refractivity contribution in [2.45, 2.75) is 32.1 Å². The highest BCUT2D eigenvalue weighted by atomic mass is 19.1. The molecule has 0 amide bonds. The van der Waals surface area contributed by atoms with Gasteiger partial charge in [0.1, 0.15) is 0 Å². The average Bonchev–Trinajstić information content (AvgIpc) is 2.85. The van der Waals surface area contributed by atoms with E-state index in [1.807, 2.05) is 0 Å². The molecule has 4 heterocycles. The second kappa shape index (κ2) is 9.75. The number of nitrogens with zero attached hydrogens (tertiary/aromatic N) is 5. The highest BCUT2D eigenvalue weighted by molar-refractivity contribution is 5.60. The molecular weight excluding hydrogens is 447 g/mol. The molecular formula is C26H31FN6O2. The normalized spacial score (nSPS) is 22.9.